The maximum Gasteiger partial charge on any atom is 0.326 e. The monoisotopic (exact) mass is 325 g/mol. The number of esters is 1. The first-order valence-electron chi connectivity index (χ1n) is 6.49. The molecule has 0 amide bonds. The zero-order chi connectivity index (χ0) is 14.3. The van der Waals surface area contributed by atoms with Crippen LogP contribution in [0, 0.1) is 0 Å². The Labute approximate surface area is 122 Å². The van der Waals surface area contributed by atoms with Gasteiger partial charge in [-0.2, -0.15) is 0 Å². The van der Waals surface area contributed by atoms with Crippen molar-refractivity contribution in [3.05, 3.63) is 33.8 Å². The molecule has 0 aliphatic heterocycles. The highest BCUT2D eigenvalue weighted by molar-refractivity contribution is 9.10. The van der Waals surface area contributed by atoms with Crippen LogP contribution in [-0.4, -0.2) is 17.1 Å². The summed E-state index contributed by atoms with van der Waals surface area (Å²) < 4.78 is 6.51. The minimum Gasteiger partial charge on any atom is -0.459 e. The van der Waals surface area contributed by atoms with Crippen molar-refractivity contribution in [3.8, 4) is 0 Å². The molecule has 1 aromatic carbocycles. The molecule has 2 rings (SSSR count). The van der Waals surface area contributed by atoms with Gasteiger partial charge in [0, 0.05) is 10.9 Å². The Hall–Kier alpha value is -0.870. The van der Waals surface area contributed by atoms with E-state index in [2.05, 4.69) is 22.0 Å². The maximum absolute atomic E-state index is 12.3. The van der Waals surface area contributed by atoms with E-state index < -0.39 is 11.1 Å². The molecule has 2 N–H and O–H groups in total. The SMILES string of the molecule is CC(C)(C)OC(=O)C1(N)CCc2cc(Br)ccc2C1. The standard InChI is InChI=1S/C15H20BrNO2/c1-14(2,3)19-13(18)15(17)7-6-10-8-12(16)5-4-11(10)9-15/h4-5,8H,6-7,9,17H2,1-3H3. The smallest absolute Gasteiger partial charge is 0.326 e. The average Bonchev–Trinajstić information content (AvgIpc) is 2.27. The van der Waals surface area contributed by atoms with Crippen molar-refractivity contribution in [3.63, 3.8) is 0 Å². The molecule has 1 aromatic rings. The molecule has 1 aliphatic carbocycles. The third-order valence-electron chi connectivity index (χ3n) is 3.32. The van der Waals surface area contributed by atoms with Crippen LogP contribution in [0.15, 0.2) is 22.7 Å². The molecule has 1 atom stereocenters. The van der Waals surface area contributed by atoms with Crippen LogP contribution in [0.1, 0.15) is 38.3 Å². The Morgan fingerprint density at radius 2 is 2.05 bits per heavy atom. The number of aryl methyl sites for hydroxylation is 1. The predicted octanol–water partition coefficient (Wildman–Crippen LogP) is 2.98. The number of hydrogen-bond donors (Lipinski definition) is 1. The first kappa shape index (κ1) is 14.5. The Balaban J connectivity index is 2.20. The average molecular weight is 326 g/mol. The van der Waals surface area contributed by atoms with Crippen LogP contribution >= 0.6 is 15.9 Å². The van der Waals surface area contributed by atoms with E-state index in [1.165, 1.54) is 5.56 Å². The lowest BCUT2D eigenvalue weighted by molar-refractivity contribution is -0.162. The fraction of sp³-hybridized carbons (Fsp3) is 0.533. The molecule has 0 saturated heterocycles. The van der Waals surface area contributed by atoms with Gasteiger partial charge in [0.05, 0.1) is 0 Å². The molecular formula is C15H20BrNO2. The van der Waals surface area contributed by atoms with E-state index in [0.717, 1.165) is 16.5 Å². The molecule has 1 unspecified atom stereocenters. The molecular weight excluding hydrogens is 306 g/mol. The number of carbonyl (C=O) groups excluding carboxylic acids is 1. The van der Waals surface area contributed by atoms with Crippen LogP contribution in [0.4, 0.5) is 0 Å². The molecule has 0 fully saturated rings. The Kier molecular flexibility index (Phi) is 3.76. The van der Waals surface area contributed by atoms with E-state index >= 15 is 0 Å². The Morgan fingerprint density at radius 1 is 1.37 bits per heavy atom. The molecule has 1 aliphatic rings. The summed E-state index contributed by atoms with van der Waals surface area (Å²) in [6.45, 7) is 5.59. The lowest BCUT2D eigenvalue weighted by Gasteiger charge is -2.35. The van der Waals surface area contributed by atoms with Crippen molar-refractivity contribution in [1.29, 1.82) is 0 Å². The van der Waals surface area contributed by atoms with Gasteiger partial charge in [0.25, 0.3) is 0 Å². The molecule has 0 radical (unpaired) electrons. The van der Waals surface area contributed by atoms with Gasteiger partial charge in [-0.1, -0.05) is 22.0 Å². The van der Waals surface area contributed by atoms with E-state index in [0.29, 0.717) is 12.8 Å². The second kappa shape index (κ2) is 4.91. The predicted molar refractivity (Wildman–Crippen MR) is 78.9 cm³/mol. The van der Waals surface area contributed by atoms with Gasteiger partial charge in [-0.05, 0) is 56.9 Å². The van der Waals surface area contributed by atoms with Gasteiger partial charge in [0.1, 0.15) is 11.1 Å². The van der Waals surface area contributed by atoms with Crippen molar-refractivity contribution < 1.29 is 9.53 Å². The van der Waals surface area contributed by atoms with Gasteiger partial charge in [0.2, 0.25) is 0 Å². The fourth-order valence-electron chi connectivity index (χ4n) is 2.34. The third kappa shape index (κ3) is 3.37. The second-order valence-electron chi connectivity index (χ2n) is 6.25. The molecule has 0 aromatic heterocycles. The summed E-state index contributed by atoms with van der Waals surface area (Å²) in [4.78, 5) is 12.3. The van der Waals surface area contributed by atoms with Crippen molar-refractivity contribution in [2.24, 2.45) is 5.73 Å². The van der Waals surface area contributed by atoms with E-state index in [4.69, 9.17) is 10.5 Å². The lowest BCUT2D eigenvalue weighted by atomic mass is 9.78. The van der Waals surface area contributed by atoms with Gasteiger partial charge >= 0.3 is 5.97 Å². The number of ether oxygens (including phenoxy) is 1. The maximum atomic E-state index is 12.3. The van der Waals surface area contributed by atoms with Crippen molar-refractivity contribution in [2.75, 3.05) is 0 Å². The third-order valence-corrected chi connectivity index (χ3v) is 3.81. The second-order valence-corrected chi connectivity index (χ2v) is 7.16. The van der Waals surface area contributed by atoms with Gasteiger partial charge < -0.3 is 10.5 Å². The van der Waals surface area contributed by atoms with Crippen LogP contribution in [0.2, 0.25) is 0 Å². The summed E-state index contributed by atoms with van der Waals surface area (Å²) >= 11 is 3.46. The van der Waals surface area contributed by atoms with Gasteiger partial charge in [-0.25, -0.2) is 0 Å². The molecule has 0 bridgehead atoms. The topological polar surface area (TPSA) is 52.3 Å². The van der Waals surface area contributed by atoms with Crippen LogP contribution in [0.25, 0.3) is 0 Å². The first-order chi connectivity index (χ1) is 8.70. The number of carbonyl (C=O) groups is 1. The summed E-state index contributed by atoms with van der Waals surface area (Å²) in [5.41, 5.74) is 7.29. The summed E-state index contributed by atoms with van der Waals surface area (Å²) in [7, 11) is 0. The van der Waals surface area contributed by atoms with Gasteiger partial charge in [-0.3, -0.25) is 4.79 Å². The first-order valence-corrected chi connectivity index (χ1v) is 7.29. The molecule has 0 heterocycles. The van der Waals surface area contributed by atoms with Crippen LogP contribution in [0.3, 0.4) is 0 Å². The number of rotatable bonds is 1. The summed E-state index contributed by atoms with van der Waals surface area (Å²) in [6.07, 6.45) is 1.99. The highest BCUT2D eigenvalue weighted by atomic mass is 79.9. The minimum atomic E-state index is -0.895. The largest absolute Gasteiger partial charge is 0.459 e. The van der Waals surface area contributed by atoms with Gasteiger partial charge in [-0.15, -0.1) is 0 Å². The van der Waals surface area contributed by atoms with Crippen molar-refractivity contribution in [1.82, 2.24) is 0 Å². The van der Waals surface area contributed by atoms with E-state index in [-0.39, 0.29) is 5.97 Å². The minimum absolute atomic E-state index is 0.298. The molecule has 4 heteroatoms. The van der Waals surface area contributed by atoms with E-state index in [1.54, 1.807) is 0 Å². The van der Waals surface area contributed by atoms with Crippen molar-refractivity contribution in [2.45, 2.75) is 51.2 Å². The Morgan fingerprint density at radius 3 is 2.68 bits per heavy atom. The zero-order valence-corrected chi connectivity index (χ0v) is 13.2. The Bertz CT molecular complexity index is 507. The normalized spacial score (nSPS) is 22.8. The van der Waals surface area contributed by atoms with E-state index in [1.807, 2.05) is 32.9 Å². The molecule has 3 nitrogen and oxygen atoms in total. The molecule has 19 heavy (non-hydrogen) atoms. The van der Waals surface area contributed by atoms with E-state index in [9.17, 15) is 4.79 Å². The molecule has 0 saturated carbocycles. The molecule has 0 spiro atoms. The zero-order valence-electron chi connectivity index (χ0n) is 11.6. The lowest BCUT2D eigenvalue weighted by Crippen LogP contribution is -2.54. The summed E-state index contributed by atoms with van der Waals surface area (Å²) in [5.74, 6) is -0.298. The highest BCUT2D eigenvalue weighted by Crippen LogP contribution is 2.31. The number of fused-ring (bicyclic) bond motifs is 1. The van der Waals surface area contributed by atoms with Crippen LogP contribution in [0.5, 0.6) is 0 Å². The number of halogens is 1. The highest BCUT2D eigenvalue weighted by Gasteiger charge is 2.40. The summed E-state index contributed by atoms with van der Waals surface area (Å²) in [6, 6.07) is 6.12. The number of hydrogen-bond acceptors (Lipinski definition) is 3. The fourth-order valence-corrected chi connectivity index (χ4v) is 2.75. The number of nitrogens with two attached hydrogens (primary N) is 1. The van der Waals surface area contributed by atoms with Crippen molar-refractivity contribution >= 4 is 21.9 Å². The van der Waals surface area contributed by atoms with Gasteiger partial charge in [0.15, 0.2) is 0 Å². The molecule has 104 valence electrons. The quantitative estimate of drug-likeness (QED) is 0.807. The summed E-state index contributed by atoms with van der Waals surface area (Å²) in [5, 5.41) is 0. The number of benzene rings is 1. The van der Waals surface area contributed by atoms with Crippen LogP contribution in [-0.2, 0) is 22.4 Å². The van der Waals surface area contributed by atoms with Crippen LogP contribution < -0.4 is 5.73 Å².